The van der Waals surface area contributed by atoms with Crippen molar-refractivity contribution in [3.05, 3.63) is 22.9 Å². The lowest BCUT2D eigenvalue weighted by Crippen LogP contribution is -2.15. The maximum Gasteiger partial charge on any atom is 0.357 e. The summed E-state index contributed by atoms with van der Waals surface area (Å²) in [6.07, 6.45) is 0.458. The number of methoxy groups -OCH3 is 3. The van der Waals surface area contributed by atoms with Crippen molar-refractivity contribution in [1.29, 1.82) is 0 Å². The van der Waals surface area contributed by atoms with Gasteiger partial charge in [-0.1, -0.05) is 0 Å². The molecule has 0 aromatic carbocycles. The van der Waals surface area contributed by atoms with Crippen LogP contribution in [0.1, 0.15) is 31.2 Å². The van der Waals surface area contributed by atoms with Crippen molar-refractivity contribution in [1.82, 2.24) is 4.98 Å². The maximum atomic E-state index is 11.5. The maximum absolute atomic E-state index is 11.5. The van der Waals surface area contributed by atoms with Crippen LogP contribution in [0.5, 0.6) is 5.88 Å². The summed E-state index contributed by atoms with van der Waals surface area (Å²) in [5.74, 6) is -1.70. The molecule has 0 bridgehead atoms. The molecule has 0 N–H and O–H groups in total. The molecular weight excluding hydrogens is 242 g/mol. The molecule has 1 aromatic rings. The predicted octanol–water partition coefficient (Wildman–Crippen LogP) is 0.476. The van der Waals surface area contributed by atoms with Gasteiger partial charge in [-0.3, -0.25) is 4.79 Å². The van der Waals surface area contributed by atoms with Crippen LogP contribution in [0.2, 0.25) is 0 Å². The average Bonchev–Trinajstić information content (AvgIpc) is 2.43. The molecule has 0 fully saturated rings. The van der Waals surface area contributed by atoms with Crippen LogP contribution in [-0.4, -0.2) is 44.5 Å². The van der Waals surface area contributed by atoms with Crippen molar-refractivity contribution in [3.63, 3.8) is 0 Å². The van der Waals surface area contributed by atoms with E-state index in [0.29, 0.717) is 6.29 Å². The van der Waals surface area contributed by atoms with Gasteiger partial charge in [0.2, 0.25) is 5.88 Å². The van der Waals surface area contributed by atoms with E-state index in [0.717, 1.165) is 20.3 Å². The second kappa shape index (κ2) is 5.76. The predicted molar refractivity (Wildman–Crippen MR) is 58.9 cm³/mol. The van der Waals surface area contributed by atoms with E-state index in [1.54, 1.807) is 0 Å². The van der Waals surface area contributed by atoms with Crippen LogP contribution in [-0.2, 0) is 9.47 Å². The zero-order valence-corrected chi connectivity index (χ0v) is 10.1. The van der Waals surface area contributed by atoms with E-state index in [-0.39, 0.29) is 22.7 Å². The number of ether oxygens (including phenoxy) is 3. The molecule has 0 saturated heterocycles. The van der Waals surface area contributed by atoms with Crippen molar-refractivity contribution >= 4 is 18.2 Å². The number of nitrogens with zero attached hydrogens (tertiary/aromatic N) is 1. The lowest BCUT2D eigenvalue weighted by molar-refractivity contribution is 0.0548. The Morgan fingerprint density at radius 3 is 2.22 bits per heavy atom. The fourth-order valence-electron chi connectivity index (χ4n) is 1.28. The summed E-state index contributed by atoms with van der Waals surface area (Å²) in [6, 6.07) is 1.16. The van der Waals surface area contributed by atoms with E-state index in [9.17, 15) is 14.4 Å². The first-order valence-corrected chi connectivity index (χ1v) is 4.79. The van der Waals surface area contributed by atoms with Crippen LogP contribution in [0.3, 0.4) is 0 Å². The molecule has 0 aliphatic carbocycles. The minimum atomic E-state index is -0.828. The Morgan fingerprint density at radius 1 is 1.17 bits per heavy atom. The fourth-order valence-corrected chi connectivity index (χ4v) is 1.28. The Kier molecular flexibility index (Phi) is 4.36. The first-order chi connectivity index (χ1) is 8.58. The molecule has 1 rings (SSSR count). The molecular formula is C11H11NO6. The Morgan fingerprint density at radius 2 is 1.78 bits per heavy atom. The minimum absolute atomic E-state index is 0.0329. The summed E-state index contributed by atoms with van der Waals surface area (Å²) >= 11 is 0. The highest BCUT2D eigenvalue weighted by molar-refractivity contribution is 6.03. The lowest BCUT2D eigenvalue weighted by atomic mass is 10.1. The van der Waals surface area contributed by atoms with Gasteiger partial charge in [0, 0.05) is 0 Å². The summed E-state index contributed by atoms with van der Waals surface area (Å²) in [5, 5.41) is 0. The molecule has 1 heterocycles. The van der Waals surface area contributed by atoms with Gasteiger partial charge >= 0.3 is 11.9 Å². The zero-order valence-electron chi connectivity index (χ0n) is 10.1. The highest BCUT2D eigenvalue weighted by atomic mass is 16.5. The number of aromatic nitrogens is 1. The van der Waals surface area contributed by atoms with Crippen molar-refractivity contribution < 1.29 is 28.6 Å². The van der Waals surface area contributed by atoms with Gasteiger partial charge in [-0.2, -0.15) is 0 Å². The zero-order chi connectivity index (χ0) is 13.7. The topological polar surface area (TPSA) is 91.8 Å². The van der Waals surface area contributed by atoms with Gasteiger partial charge in [-0.25, -0.2) is 14.6 Å². The van der Waals surface area contributed by atoms with Gasteiger partial charge in [0.05, 0.1) is 32.5 Å². The smallest absolute Gasteiger partial charge is 0.357 e. The van der Waals surface area contributed by atoms with Gasteiger partial charge in [-0.05, 0) is 6.07 Å². The average molecular weight is 253 g/mol. The standard InChI is InChI=1S/C11H11NO6/c1-16-9-6(5-13)4-7(10(14)17-2)8(12-9)11(15)18-3/h4-5H,1-3H3. The number of pyridine rings is 1. The monoisotopic (exact) mass is 253 g/mol. The normalized spacial score (nSPS) is 9.50. The highest BCUT2D eigenvalue weighted by Crippen LogP contribution is 2.19. The highest BCUT2D eigenvalue weighted by Gasteiger charge is 2.23. The van der Waals surface area contributed by atoms with Crippen molar-refractivity contribution in [3.8, 4) is 5.88 Å². The number of rotatable bonds is 4. The summed E-state index contributed by atoms with van der Waals surface area (Å²) in [6.45, 7) is 0. The molecule has 0 atom stereocenters. The number of carbonyl (C=O) groups is 3. The number of aldehydes is 1. The molecule has 0 radical (unpaired) electrons. The Hall–Kier alpha value is -2.44. The lowest BCUT2D eigenvalue weighted by Gasteiger charge is -2.09. The number of carbonyl (C=O) groups excluding carboxylic acids is 3. The Labute approximate surface area is 103 Å². The molecule has 0 aliphatic heterocycles. The minimum Gasteiger partial charge on any atom is -0.480 e. The van der Waals surface area contributed by atoms with Gasteiger partial charge < -0.3 is 14.2 Å². The molecule has 0 amide bonds. The van der Waals surface area contributed by atoms with E-state index in [2.05, 4.69) is 14.5 Å². The molecule has 1 aromatic heterocycles. The molecule has 7 nitrogen and oxygen atoms in total. The number of hydrogen-bond donors (Lipinski definition) is 0. The molecule has 0 spiro atoms. The largest absolute Gasteiger partial charge is 0.480 e. The van der Waals surface area contributed by atoms with Crippen molar-refractivity contribution in [2.24, 2.45) is 0 Å². The van der Waals surface area contributed by atoms with Crippen LogP contribution in [0.25, 0.3) is 0 Å². The molecule has 0 unspecified atom stereocenters. The number of esters is 2. The van der Waals surface area contributed by atoms with E-state index >= 15 is 0 Å². The van der Waals surface area contributed by atoms with Crippen LogP contribution in [0.4, 0.5) is 0 Å². The van der Waals surface area contributed by atoms with E-state index in [4.69, 9.17) is 4.74 Å². The fraction of sp³-hybridized carbons (Fsp3) is 0.273. The molecule has 0 aliphatic rings. The third-order valence-electron chi connectivity index (χ3n) is 2.12. The summed E-state index contributed by atoms with van der Waals surface area (Å²) in [7, 11) is 3.58. The second-order valence-corrected chi connectivity index (χ2v) is 3.08. The van der Waals surface area contributed by atoms with Gasteiger partial charge in [-0.15, -0.1) is 0 Å². The first kappa shape index (κ1) is 13.6. The second-order valence-electron chi connectivity index (χ2n) is 3.08. The molecule has 18 heavy (non-hydrogen) atoms. The number of hydrogen-bond acceptors (Lipinski definition) is 7. The summed E-state index contributed by atoms with van der Waals surface area (Å²) < 4.78 is 13.8. The van der Waals surface area contributed by atoms with Crippen LogP contribution < -0.4 is 4.74 Å². The first-order valence-electron chi connectivity index (χ1n) is 4.79. The Bertz CT molecular complexity index is 497. The van der Waals surface area contributed by atoms with Crippen LogP contribution in [0, 0.1) is 0 Å². The summed E-state index contributed by atoms with van der Waals surface area (Å²) in [4.78, 5) is 37.6. The van der Waals surface area contributed by atoms with E-state index in [1.807, 2.05) is 0 Å². The third kappa shape index (κ3) is 2.45. The third-order valence-corrected chi connectivity index (χ3v) is 2.12. The van der Waals surface area contributed by atoms with Gasteiger partial charge in [0.1, 0.15) is 0 Å². The van der Waals surface area contributed by atoms with Gasteiger partial charge in [0.15, 0.2) is 12.0 Å². The van der Waals surface area contributed by atoms with E-state index < -0.39 is 11.9 Å². The quantitative estimate of drug-likeness (QED) is 0.569. The van der Waals surface area contributed by atoms with Crippen molar-refractivity contribution in [2.75, 3.05) is 21.3 Å². The Balaban J connectivity index is 3.50. The molecule has 96 valence electrons. The summed E-state index contributed by atoms with van der Waals surface area (Å²) in [5.41, 5.74) is -0.399. The molecule has 0 saturated carbocycles. The van der Waals surface area contributed by atoms with Gasteiger partial charge in [0.25, 0.3) is 0 Å². The van der Waals surface area contributed by atoms with Crippen molar-refractivity contribution in [2.45, 2.75) is 0 Å². The SMILES string of the molecule is COC(=O)c1cc(C=O)c(OC)nc1C(=O)OC. The van der Waals surface area contributed by atoms with E-state index in [1.165, 1.54) is 7.11 Å². The van der Waals surface area contributed by atoms with Crippen LogP contribution >= 0.6 is 0 Å². The molecule has 7 heteroatoms. The van der Waals surface area contributed by atoms with Crippen LogP contribution in [0.15, 0.2) is 6.07 Å².